The zero-order valence-corrected chi connectivity index (χ0v) is 26.1. The lowest BCUT2D eigenvalue weighted by Gasteiger charge is -2.34. The molecule has 0 amide bonds. The molecule has 8 atom stereocenters. The lowest BCUT2D eigenvalue weighted by atomic mass is 9.97. The van der Waals surface area contributed by atoms with Crippen molar-refractivity contribution >= 4 is 71.5 Å². The minimum Gasteiger partial charge on any atom is -0.382 e. The molecule has 3 aromatic rings. The van der Waals surface area contributed by atoms with E-state index in [-0.39, 0.29) is 56.1 Å². The predicted molar refractivity (Wildman–Crippen MR) is 159 cm³/mol. The molecule has 8 rings (SSSR count). The number of hydrazine groups is 2. The quantitative estimate of drug-likeness (QED) is 0.146. The van der Waals surface area contributed by atoms with Gasteiger partial charge in [-0.15, -0.1) is 5.53 Å². The summed E-state index contributed by atoms with van der Waals surface area (Å²) < 4.78 is 43.9. The number of aromatic amines is 1. The molecule has 21 nitrogen and oxygen atoms in total. The van der Waals surface area contributed by atoms with Crippen LogP contribution in [0.4, 0.5) is 23.3 Å². The van der Waals surface area contributed by atoms with Crippen molar-refractivity contribution in [2.45, 2.75) is 42.3 Å². The lowest BCUT2D eigenvalue weighted by molar-refractivity contribution is -0.171. The van der Waals surface area contributed by atoms with Crippen LogP contribution in [0.5, 0.6) is 0 Å². The first kappa shape index (κ1) is 29.9. The fraction of sp³-hybridized carbons (Fsp3) is 0.550. The molecule has 45 heavy (non-hydrogen) atoms. The number of nitrogens with two attached hydrogens (primary N) is 2. The molecule has 4 fully saturated rings. The van der Waals surface area contributed by atoms with Crippen molar-refractivity contribution in [2.24, 2.45) is 0 Å². The number of rotatable bonds is 2. The van der Waals surface area contributed by atoms with Crippen LogP contribution >= 0.6 is 13.4 Å². The Balaban J connectivity index is 1.12. The van der Waals surface area contributed by atoms with E-state index in [9.17, 15) is 14.6 Å². The zero-order chi connectivity index (χ0) is 31.4. The number of nitrogens with zero attached hydrogens (tertiary/aromatic N) is 6. The number of fused-ring (bicyclic) bond motifs is 4. The van der Waals surface area contributed by atoms with Gasteiger partial charge in [-0.2, -0.15) is 4.98 Å². The second kappa shape index (κ2) is 10.3. The second-order valence-electron chi connectivity index (χ2n) is 10.8. The van der Waals surface area contributed by atoms with Gasteiger partial charge in [-0.3, -0.25) is 24.3 Å². The first-order valence-electron chi connectivity index (χ1n) is 13.3. The molecule has 25 heteroatoms. The van der Waals surface area contributed by atoms with E-state index in [1.807, 2.05) is 0 Å². The Bertz CT molecular complexity index is 1860. The number of nitrogens with one attached hydrogen (secondary N) is 3. The maximum absolute atomic E-state index is 12.4. The molecule has 4 saturated heterocycles. The summed E-state index contributed by atoms with van der Waals surface area (Å²) in [6.07, 6.45) is -1.07. The Labute approximate surface area is 261 Å². The number of imidazole rings is 1. The van der Waals surface area contributed by atoms with Gasteiger partial charge in [-0.1, -0.05) is 0 Å². The summed E-state index contributed by atoms with van der Waals surface area (Å²) in [5.41, 5.74) is 14.6. The first-order chi connectivity index (χ1) is 21.4. The third-order valence-corrected chi connectivity index (χ3v) is 11.1. The average molecular weight is 706 g/mol. The summed E-state index contributed by atoms with van der Waals surface area (Å²) in [4.78, 5) is 54.1. The second-order valence-corrected chi connectivity index (χ2v) is 16.4. The number of hydrogen-bond donors (Lipinski definition) is 7. The van der Waals surface area contributed by atoms with E-state index in [2.05, 4.69) is 35.9 Å². The molecule has 0 aromatic carbocycles. The molecule has 0 radical (unpaired) electrons. The van der Waals surface area contributed by atoms with E-state index in [4.69, 9.17) is 67.4 Å². The molecule has 3 unspecified atom stereocenters. The Morgan fingerprint density at radius 2 is 1.89 bits per heavy atom. The monoisotopic (exact) mass is 705 g/mol. The fourth-order valence-electron chi connectivity index (χ4n) is 6.02. The molecule has 0 aliphatic carbocycles. The fourth-order valence-corrected chi connectivity index (χ4v) is 8.97. The van der Waals surface area contributed by atoms with E-state index in [1.165, 1.54) is 17.7 Å². The molecule has 0 saturated carbocycles. The van der Waals surface area contributed by atoms with E-state index >= 15 is 0 Å². The van der Waals surface area contributed by atoms with Gasteiger partial charge in [0, 0.05) is 6.42 Å². The van der Waals surface area contributed by atoms with Crippen molar-refractivity contribution in [2.75, 3.05) is 48.3 Å². The van der Waals surface area contributed by atoms with Crippen LogP contribution in [0.25, 0.3) is 11.2 Å². The Hall–Kier alpha value is -2.47. The van der Waals surface area contributed by atoms with Crippen molar-refractivity contribution in [1.29, 1.82) is 0 Å². The molecule has 0 spiro atoms. The number of aromatic nitrogens is 6. The molecule has 9 N–H and O–H groups in total. The molecule has 5 aliphatic rings. The zero-order valence-electron chi connectivity index (χ0n) is 22.7. The van der Waals surface area contributed by atoms with Gasteiger partial charge in [0.2, 0.25) is 11.7 Å². The standard InChI is InChI=1S/C20H25N11O10P2S2/c21-12-10-13(24-6-23-12)30(7-25-10)20-5-35-19(3-36-20)4-38-43(34,45)40-9-1-8(2-37-42(33,44)41-17(19)20)39-16(9)31-14-11(28-29-31)15(32)27-18(22)26-14/h6-9,16-17,28-29H,1-5H2,(H,33,44)(H,34,45)(H2,21,23,24)(H3,22,26,27,32)/t8-,9+,16?,17+,19+,20+,42?,43?/m0/s1. The van der Waals surface area contributed by atoms with Crippen LogP contribution in [0.15, 0.2) is 17.4 Å². The van der Waals surface area contributed by atoms with Crippen molar-refractivity contribution in [1.82, 2.24) is 35.0 Å². The number of H-pyrrole nitrogens is 1. The highest BCUT2D eigenvalue weighted by molar-refractivity contribution is 8.07. The summed E-state index contributed by atoms with van der Waals surface area (Å²) in [6, 6.07) is 0. The van der Waals surface area contributed by atoms with Gasteiger partial charge < -0.3 is 49.0 Å². The van der Waals surface area contributed by atoms with Gasteiger partial charge in [0.1, 0.15) is 23.5 Å². The number of ether oxygens (including phenoxy) is 3. The largest absolute Gasteiger partial charge is 0.382 e. The van der Waals surface area contributed by atoms with Crippen molar-refractivity contribution < 1.29 is 42.1 Å². The highest BCUT2D eigenvalue weighted by Crippen LogP contribution is 2.59. The van der Waals surface area contributed by atoms with E-state index in [1.54, 1.807) is 4.57 Å². The molecular formula is C20H25N11O10P2S2. The van der Waals surface area contributed by atoms with Crippen LogP contribution in [-0.4, -0.2) is 95.8 Å². The Morgan fingerprint density at radius 1 is 1.07 bits per heavy atom. The maximum atomic E-state index is 12.4. The topological polar surface area (TPSA) is 274 Å². The van der Waals surface area contributed by atoms with Crippen LogP contribution in [0.1, 0.15) is 6.42 Å². The smallest absolute Gasteiger partial charge is 0.325 e. The third-order valence-electron chi connectivity index (χ3n) is 8.04. The van der Waals surface area contributed by atoms with Crippen LogP contribution in [0, 0.1) is 0 Å². The minimum absolute atomic E-state index is 0.0765. The summed E-state index contributed by atoms with van der Waals surface area (Å²) in [5.74, 6) is 0.120. The van der Waals surface area contributed by atoms with Crippen molar-refractivity contribution in [3.8, 4) is 0 Å². The Kier molecular flexibility index (Phi) is 6.82. The third kappa shape index (κ3) is 4.78. The first-order valence-corrected chi connectivity index (χ1v) is 18.5. The molecule has 5 aliphatic heterocycles. The van der Waals surface area contributed by atoms with Gasteiger partial charge in [0.25, 0.3) is 5.56 Å². The van der Waals surface area contributed by atoms with Crippen LogP contribution < -0.4 is 33.0 Å². The van der Waals surface area contributed by atoms with Gasteiger partial charge in [0.15, 0.2) is 35.3 Å². The molecule has 3 aromatic heterocycles. The number of hydrogen-bond acceptors (Lipinski definition) is 19. The summed E-state index contributed by atoms with van der Waals surface area (Å²) in [5, 5.41) is 1.36. The van der Waals surface area contributed by atoms with Gasteiger partial charge in [-0.05, 0) is 23.6 Å². The SMILES string of the molecule is Nc1nc2c(c(=O)[nH]1)NNN2C1O[C@@H]2COP(O)(=S)O[C@@H]3[C@@]4(CO[C@]3(n3cnc5c(N)ncnc53)CO4)COP(O)(=S)O[C@@H]1C2. The number of nitrogen functional groups attached to an aromatic ring is 2. The highest BCUT2D eigenvalue weighted by Gasteiger charge is 2.70. The van der Waals surface area contributed by atoms with E-state index in [0.29, 0.717) is 11.2 Å². The van der Waals surface area contributed by atoms with Gasteiger partial charge >= 0.3 is 13.4 Å². The molecular weight excluding hydrogens is 680 g/mol. The molecule has 242 valence electrons. The van der Waals surface area contributed by atoms with Gasteiger partial charge in [-0.25, -0.2) is 20.0 Å². The highest BCUT2D eigenvalue weighted by atomic mass is 32.5. The van der Waals surface area contributed by atoms with E-state index in [0.717, 1.165) is 0 Å². The summed E-state index contributed by atoms with van der Waals surface area (Å²) in [7, 11) is 0. The molecule has 8 heterocycles. The predicted octanol–water partition coefficient (Wildman–Crippen LogP) is -1.76. The van der Waals surface area contributed by atoms with Crippen LogP contribution in [-0.2, 0) is 61.6 Å². The van der Waals surface area contributed by atoms with Gasteiger partial charge in [0.05, 0.1) is 38.9 Å². The van der Waals surface area contributed by atoms with E-state index < -0.39 is 54.9 Å². The summed E-state index contributed by atoms with van der Waals surface area (Å²) in [6.45, 7) is -8.93. The Morgan fingerprint density at radius 3 is 2.69 bits per heavy atom. The van der Waals surface area contributed by atoms with Crippen molar-refractivity contribution in [3.05, 3.63) is 23.0 Å². The normalized spacial score (nSPS) is 39.6. The summed E-state index contributed by atoms with van der Waals surface area (Å²) >= 11 is 10.9. The number of anilines is 4. The lowest BCUT2D eigenvalue weighted by Crippen LogP contribution is -2.50. The average Bonchev–Trinajstić information content (AvgIpc) is 3.79. The molecule has 4 bridgehead atoms. The van der Waals surface area contributed by atoms with Crippen LogP contribution in [0.2, 0.25) is 0 Å². The minimum atomic E-state index is -4.04. The van der Waals surface area contributed by atoms with Crippen LogP contribution in [0.3, 0.4) is 0 Å². The van der Waals surface area contributed by atoms with Crippen molar-refractivity contribution in [3.63, 3.8) is 0 Å². The maximum Gasteiger partial charge on any atom is 0.325 e.